The van der Waals surface area contributed by atoms with Gasteiger partial charge in [-0.15, -0.1) is 10.2 Å². The smallest absolute Gasteiger partial charge is 0.297 e. The fourth-order valence-electron chi connectivity index (χ4n) is 4.62. The van der Waals surface area contributed by atoms with Gasteiger partial charge in [-0.2, -0.15) is 10.2 Å². The zero-order valence-electron chi connectivity index (χ0n) is 21.5. The lowest BCUT2D eigenvalue weighted by Crippen LogP contribution is -2.13. The standard InChI is InChI=1S/C30H24ClN7O2/c1-2-40-30-33-26-9-5-8-25(32-29(39)21-14-16-22(31)17-15-21)27(26)38(30)18-19-10-12-20(13-11-19)23-6-3-4-7-24(23)28-34-36-37-35-28/h3-17H,2,18H2,1H3,(H,32,39)(H,34,35,36,37). The lowest BCUT2D eigenvalue weighted by atomic mass is 9.98. The summed E-state index contributed by atoms with van der Waals surface area (Å²) in [6.45, 7) is 2.87. The van der Waals surface area contributed by atoms with E-state index in [9.17, 15) is 4.79 Å². The van der Waals surface area contributed by atoms with Crippen LogP contribution in [-0.2, 0) is 6.54 Å². The summed E-state index contributed by atoms with van der Waals surface area (Å²) >= 11 is 5.99. The number of nitrogens with one attached hydrogen (secondary N) is 2. The highest BCUT2D eigenvalue weighted by Gasteiger charge is 2.18. The second-order valence-corrected chi connectivity index (χ2v) is 9.46. The van der Waals surface area contributed by atoms with E-state index in [4.69, 9.17) is 21.3 Å². The molecular formula is C30H24ClN7O2. The number of nitrogens with zero attached hydrogens (tertiary/aromatic N) is 5. The highest BCUT2D eigenvalue weighted by molar-refractivity contribution is 6.30. The van der Waals surface area contributed by atoms with Gasteiger partial charge in [-0.3, -0.25) is 9.36 Å². The third-order valence-electron chi connectivity index (χ3n) is 6.48. The van der Waals surface area contributed by atoms with E-state index >= 15 is 0 Å². The number of halogens is 1. The van der Waals surface area contributed by atoms with Crippen molar-refractivity contribution in [3.63, 3.8) is 0 Å². The largest absolute Gasteiger partial charge is 0.465 e. The number of tetrazole rings is 1. The van der Waals surface area contributed by atoms with Crippen molar-refractivity contribution in [2.45, 2.75) is 13.5 Å². The normalized spacial score (nSPS) is 11.1. The number of anilines is 1. The van der Waals surface area contributed by atoms with E-state index in [1.54, 1.807) is 24.3 Å². The second-order valence-electron chi connectivity index (χ2n) is 9.03. The number of fused-ring (bicyclic) bond motifs is 1. The Morgan fingerprint density at radius 3 is 2.45 bits per heavy atom. The van der Waals surface area contributed by atoms with E-state index in [-0.39, 0.29) is 5.91 Å². The number of aromatic amines is 1. The minimum Gasteiger partial charge on any atom is -0.465 e. The Morgan fingerprint density at radius 1 is 0.950 bits per heavy atom. The van der Waals surface area contributed by atoms with Crippen LogP contribution in [0.3, 0.4) is 0 Å². The molecule has 6 aromatic rings. The number of carbonyl (C=O) groups excluding carboxylic acids is 1. The molecule has 0 bridgehead atoms. The minimum absolute atomic E-state index is 0.237. The van der Waals surface area contributed by atoms with Crippen molar-refractivity contribution < 1.29 is 9.53 Å². The summed E-state index contributed by atoms with van der Waals surface area (Å²) in [5.41, 5.74) is 6.62. The Labute approximate surface area is 234 Å². The number of hydrogen-bond donors (Lipinski definition) is 2. The molecule has 0 aliphatic rings. The second kappa shape index (κ2) is 11.0. The van der Waals surface area contributed by atoms with E-state index in [0.29, 0.717) is 41.3 Å². The van der Waals surface area contributed by atoms with Crippen LogP contribution in [0.1, 0.15) is 22.8 Å². The van der Waals surface area contributed by atoms with E-state index < -0.39 is 0 Å². The molecule has 10 heteroatoms. The number of benzene rings is 4. The average Bonchev–Trinajstić information content (AvgIpc) is 3.63. The lowest BCUT2D eigenvalue weighted by Gasteiger charge is -2.13. The number of ether oxygens (including phenoxy) is 1. The first-order valence-corrected chi connectivity index (χ1v) is 13.1. The highest BCUT2D eigenvalue weighted by atomic mass is 35.5. The molecule has 0 unspecified atom stereocenters. The summed E-state index contributed by atoms with van der Waals surface area (Å²) in [6, 6.07) is 29.1. The lowest BCUT2D eigenvalue weighted by molar-refractivity contribution is 0.102. The molecule has 0 aliphatic heterocycles. The van der Waals surface area contributed by atoms with Crippen LogP contribution in [0.25, 0.3) is 33.5 Å². The molecule has 2 aromatic heterocycles. The maximum atomic E-state index is 13.0. The summed E-state index contributed by atoms with van der Waals surface area (Å²) in [5, 5.41) is 18.1. The van der Waals surface area contributed by atoms with Gasteiger partial charge in [-0.05, 0) is 65.2 Å². The van der Waals surface area contributed by atoms with Gasteiger partial charge < -0.3 is 10.1 Å². The summed E-state index contributed by atoms with van der Waals surface area (Å²) < 4.78 is 7.89. The van der Waals surface area contributed by atoms with Crippen molar-refractivity contribution in [2.75, 3.05) is 11.9 Å². The zero-order valence-corrected chi connectivity index (χ0v) is 22.3. The monoisotopic (exact) mass is 549 g/mol. The summed E-state index contributed by atoms with van der Waals surface area (Å²) in [5.74, 6) is 0.304. The Bertz CT molecular complexity index is 1780. The van der Waals surface area contributed by atoms with Crippen molar-refractivity contribution in [1.82, 2.24) is 30.2 Å². The topological polar surface area (TPSA) is 111 Å². The number of carbonyl (C=O) groups is 1. The SMILES string of the molecule is CCOc1nc2cccc(NC(=O)c3ccc(Cl)cc3)c2n1Cc1ccc(-c2ccccc2-c2nn[nH]n2)cc1. The molecule has 2 heterocycles. The van der Waals surface area contributed by atoms with Gasteiger partial charge in [0.05, 0.1) is 29.9 Å². The molecule has 198 valence electrons. The van der Waals surface area contributed by atoms with Crippen molar-refractivity contribution in [3.8, 4) is 28.5 Å². The van der Waals surface area contributed by atoms with Gasteiger partial charge in [0.1, 0.15) is 0 Å². The molecule has 40 heavy (non-hydrogen) atoms. The van der Waals surface area contributed by atoms with Crippen LogP contribution in [-0.4, -0.2) is 42.7 Å². The van der Waals surface area contributed by atoms with Gasteiger partial charge in [0, 0.05) is 16.1 Å². The van der Waals surface area contributed by atoms with Crippen LogP contribution in [0, 0.1) is 0 Å². The molecule has 0 saturated carbocycles. The number of H-pyrrole nitrogens is 1. The molecule has 0 aliphatic carbocycles. The van der Waals surface area contributed by atoms with E-state index in [1.165, 1.54) is 0 Å². The van der Waals surface area contributed by atoms with Gasteiger partial charge in [-0.1, -0.05) is 66.2 Å². The van der Waals surface area contributed by atoms with Crippen LogP contribution in [0.5, 0.6) is 6.01 Å². The predicted molar refractivity (Wildman–Crippen MR) is 154 cm³/mol. The Balaban J connectivity index is 1.33. The number of imidazole rings is 1. The minimum atomic E-state index is -0.237. The molecule has 0 spiro atoms. The number of aromatic nitrogens is 6. The first-order chi connectivity index (χ1) is 19.6. The van der Waals surface area contributed by atoms with E-state index in [1.807, 2.05) is 54.0 Å². The van der Waals surface area contributed by atoms with Crippen LogP contribution in [0.15, 0.2) is 91.0 Å². The molecule has 6 rings (SSSR count). The average molecular weight is 550 g/mol. The van der Waals surface area contributed by atoms with Crippen molar-refractivity contribution in [2.24, 2.45) is 0 Å². The Morgan fingerprint density at radius 2 is 1.73 bits per heavy atom. The quantitative estimate of drug-likeness (QED) is 0.233. The molecular weight excluding hydrogens is 526 g/mol. The third kappa shape index (κ3) is 5.02. The molecule has 0 saturated heterocycles. The maximum absolute atomic E-state index is 13.0. The van der Waals surface area contributed by atoms with Gasteiger partial charge in [-0.25, -0.2) is 0 Å². The summed E-state index contributed by atoms with van der Waals surface area (Å²) in [4.78, 5) is 17.7. The van der Waals surface area contributed by atoms with E-state index in [0.717, 1.165) is 33.3 Å². The van der Waals surface area contributed by atoms with Crippen LogP contribution in [0.2, 0.25) is 5.02 Å². The predicted octanol–water partition coefficient (Wildman–Crippen LogP) is 6.24. The molecule has 0 radical (unpaired) electrons. The first kappa shape index (κ1) is 25.3. The molecule has 1 amide bonds. The Kier molecular flexibility index (Phi) is 6.95. The maximum Gasteiger partial charge on any atom is 0.297 e. The van der Waals surface area contributed by atoms with Crippen LogP contribution >= 0.6 is 11.6 Å². The zero-order chi connectivity index (χ0) is 27.5. The van der Waals surface area contributed by atoms with Gasteiger partial charge in [0.25, 0.3) is 11.9 Å². The number of para-hydroxylation sites is 1. The highest BCUT2D eigenvalue weighted by Crippen LogP contribution is 2.32. The molecule has 2 N–H and O–H groups in total. The fourth-order valence-corrected chi connectivity index (χ4v) is 4.75. The number of rotatable bonds is 8. The number of hydrogen-bond acceptors (Lipinski definition) is 6. The van der Waals surface area contributed by atoms with E-state index in [2.05, 4.69) is 50.2 Å². The van der Waals surface area contributed by atoms with Gasteiger partial charge in [0.15, 0.2) is 0 Å². The van der Waals surface area contributed by atoms with Crippen molar-refractivity contribution >= 4 is 34.2 Å². The molecule has 0 fully saturated rings. The van der Waals surface area contributed by atoms with Crippen LogP contribution in [0.4, 0.5) is 5.69 Å². The molecule has 0 atom stereocenters. The first-order valence-electron chi connectivity index (χ1n) is 12.7. The van der Waals surface area contributed by atoms with Gasteiger partial charge in [0.2, 0.25) is 5.82 Å². The molecule has 9 nitrogen and oxygen atoms in total. The van der Waals surface area contributed by atoms with Gasteiger partial charge >= 0.3 is 0 Å². The third-order valence-corrected chi connectivity index (χ3v) is 6.73. The fraction of sp³-hybridized carbons (Fsp3) is 0.100. The number of amides is 1. The molecule has 4 aromatic carbocycles. The summed E-state index contributed by atoms with van der Waals surface area (Å²) in [6.07, 6.45) is 0. The van der Waals surface area contributed by atoms with Crippen LogP contribution < -0.4 is 10.1 Å². The Hall–Kier alpha value is -5.02. The van der Waals surface area contributed by atoms with Crippen molar-refractivity contribution in [3.05, 3.63) is 107 Å². The summed E-state index contributed by atoms with van der Waals surface area (Å²) in [7, 11) is 0. The van der Waals surface area contributed by atoms with Crippen molar-refractivity contribution in [1.29, 1.82) is 0 Å².